The molecular formula is C18H21N5O2S. The molecule has 0 aliphatic rings. The molecule has 7 nitrogen and oxygen atoms in total. The van der Waals surface area contributed by atoms with Crippen molar-refractivity contribution in [3.8, 4) is 0 Å². The number of carbonyl (C=O) groups excluding carboxylic acids is 2. The molecule has 0 bridgehead atoms. The molecule has 0 radical (unpaired) electrons. The Balaban J connectivity index is 1.57. The van der Waals surface area contributed by atoms with Crippen LogP contribution in [0.2, 0.25) is 0 Å². The Kier molecular flexibility index (Phi) is 5.85. The third-order valence-electron chi connectivity index (χ3n) is 3.86. The van der Waals surface area contributed by atoms with Gasteiger partial charge < -0.3 is 20.9 Å². The number of nitrogens with zero attached hydrogens (tertiary/aromatic N) is 1. The highest BCUT2D eigenvalue weighted by molar-refractivity contribution is 7.12. The van der Waals surface area contributed by atoms with Gasteiger partial charge in [-0.2, -0.15) is 0 Å². The molecule has 0 aliphatic heterocycles. The molecule has 3 rings (SSSR count). The van der Waals surface area contributed by atoms with Gasteiger partial charge in [-0.3, -0.25) is 9.59 Å². The van der Waals surface area contributed by atoms with Crippen molar-refractivity contribution in [2.75, 3.05) is 18.4 Å². The van der Waals surface area contributed by atoms with E-state index in [0.29, 0.717) is 18.0 Å². The molecule has 0 unspecified atom stereocenters. The van der Waals surface area contributed by atoms with Crippen LogP contribution in [0.1, 0.15) is 29.4 Å². The molecule has 0 saturated heterocycles. The maximum Gasteiger partial charge on any atom is 0.263 e. The Hall–Kier alpha value is -2.87. The maximum atomic E-state index is 12.4. The first kappa shape index (κ1) is 17.9. The monoisotopic (exact) mass is 371 g/mol. The number of thiophene rings is 1. The van der Waals surface area contributed by atoms with E-state index in [-0.39, 0.29) is 11.8 Å². The van der Waals surface area contributed by atoms with Gasteiger partial charge in [-0.05, 0) is 36.4 Å². The van der Waals surface area contributed by atoms with E-state index in [1.54, 1.807) is 6.20 Å². The predicted molar refractivity (Wildman–Crippen MR) is 104 cm³/mol. The highest BCUT2D eigenvalue weighted by atomic mass is 32.1. The van der Waals surface area contributed by atoms with Crippen molar-refractivity contribution in [3.05, 3.63) is 40.8 Å². The summed E-state index contributed by atoms with van der Waals surface area (Å²) in [5, 5.41) is 11.9. The summed E-state index contributed by atoms with van der Waals surface area (Å²) in [4.78, 5) is 31.2. The topological polar surface area (TPSA) is 98.9 Å². The average Bonchev–Trinajstić information content (AvgIpc) is 3.27. The summed E-state index contributed by atoms with van der Waals surface area (Å²) in [6.45, 7) is 2.70. The number of pyridine rings is 1. The maximum absolute atomic E-state index is 12.4. The van der Waals surface area contributed by atoms with E-state index in [2.05, 4.69) is 25.9 Å². The molecule has 8 heteroatoms. The number of amides is 2. The van der Waals surface area contributed by atoms with Gasteiger partial charge >= 0.3 is 0 Å². The van der Waals surface area contributed by atoms with Gasteiger partial charge in [0.05, 0.1) is 11.4 Å². The molecule has 136 valence electrons. The van der Waals surface area contributed by atoms with E-state index >= 15 is 0 Å². The summed E-state index contributed by atoms with van der Waals surface area (Å²) in [7, 11) is 0. The minimum Gasteiger partial charge on any atom is -0.356 e. The highest BCUT2D eigenvalue weighted by Gasteiger charge is 2.14. The lowest BCUT2D eigenvalue weighted by Gasteiger charge is -2.09. The molecule has 3 aromatic heterocycles. The second-order valence-electron chi connectivity index (χ2n) is 5.83. The molecule has 0 atom stereocenters. The van der Waals surface area contributed by atoms with Gasteiger partial charge in [-0.25, -0.2) is 4.98 Å². The van der Waals surface area contributed by atoms with Crippen LogP contribution in [0.3, 0.4) is 0 Å². The molecule has 0 saturated carbocycles. The molecule has 3 heterocycles. The first-order chi connectivity index (χ1) is 12.6. The van der Waals surface area contributed by atoms with Crippen LogP contribution in [0.5, 0.6) is 0 Å². The number of aromatic nitrogens is 2. The molecule has 0 fully saturated rings. The van der Waals surface area contributed by atoms with Gasteiger partial charge in [-0.15, -0.1) is 11.3 Å². The zero-order chi connectivity index (χ0) is 18.4. The van der Waals surface area contributed by atoms with E-state index in [4.69, 9.17) is 0 Å². The highest BCUT2D eigenvalue weighted by Crippen LogP contribution is 2.29. The average molecular weight is 371 g/mol. The summed E-state index contributed by atoms with van der Waals surface area (Å²) in [5.74, 6) is -0.127. The molecule has 0 aromatic carbocycles. The number of anilines is 2. The van der Waals surface area contributed by atoms with Gasteiger partial charge in [0.2, 0.25) is 5.91 Å². The Bertz CT molecular complexity index is 902. The first-order valence-corrected chi connectivity index (χ1v) is 9.32. The Morgan fingerprint density at radius 2 is 1.92 bits per heavy atom. The lowest BCUT2D eigenvalue weighted by molar-refractivity contribution is -0.118. The Morgan fingerprint density at radius 3 is 2.73 bits per heavy atom. The van der Waals surface area contributed by atoms with Crippen molar-refractivity contribution in [2.45, 2.75) is 19.8 Å². The van der Waals surface area contributed by atoms with Crippen LogP contribution in [0.15, 0.2) is 36.0 Å². The van der Waals surface area contributed by atoms with Crippen molar-refractivity contribution >= 4 is 45.6 Å². The smallest absolute Gasteiger partial charge is 0.263 e. The minimum atomic E-state index is -0.0959. The fraction of sp³-hybridized carbons (Fsp3) is 0.278. The van der Waals surface area contributed by atoms with Crippen molar-refractivity contribution in [1.82, 2.24) is 20.6 Å². The largest absolute Gasteiger partial charge is 0.356 e. The first-order valence-electron chi connectivity index (χ1n) is 8.44. The SMILES string of the molecule is CC(=O)NCCCCNC(=O)c1sccc1Nc1ccnc2[nH]ccc12. The van der Waals surface area contributed by atoms with Crippen molar-refractivity contribution in [3.63, 3.8) is 0 Å². The van der Waals surface area contributed by atoms with Crippen molar-refractivity contribution in [2.24, 2.45) is 0 Å². The van der Waals surface area contributed by atoms with E-state index < -0.39 is 0 Å². The molecule has 0 aliphatic carbocycles. The van der Waals surface area contributed by atoms with Crippen LogP contribution in [-0.4, -0.2) is 34.9 Å². The van der Waals surface area contributed by atoms with Gasteiger partial charge in [0.15, 0.2) is 0 Å². The summed E-state index contributed by atoms with van der Waals surface area (Å²) >= 11 is 1.40. The third kappa shape index (κ3) is 4.40. The molecular weight excluding hydrogens is 350 g/mol. The summed E-state index contributed by atoms with van der Waals surface area (Å²) < 4.78 is 0. The number of H-pyrrole nitrogens is 1. The molecule has 0 spiro atoms. The number of carbonyl (C=O) groups is 2. The second-order valence-corrected chi connectivity index (χ2v) is 6.75. The van der Waals surface area contributed by atoms with E-state index in [0.717, 1.165) is 35.2 Å². The van der Waals surface area contributed by atoms with Gasteiger partial charge in [-0.1, -0.05) is 0 Å². The quantitative estimate of drug-likeness (QED) is 0.457. The number of rotatable bonds is 8. The van der Waals surface area contributed by atoms with Crippen LogP contribution in [-0.2, 0) is 4.79 Å². The van der Waals surface area contributed by atoms with E-state index in [1.165, 1.54) is 18.3 Å². The lowest BCUT2D eigenvalue weighted by atomic mass is 10.2. The second kappa shape index (κ2) is 8.48. The fourth-order valence-electron chi connectivity index (χ4n) is 2.60. The van der Waals surface area contributed by atoms with Crippen LogP contribution in [0, 0.1) is 0 Å². The number of hydrogen-bond donors (Lipinski definition) is 4. The number of fused-ring (bicyclic) bond motifs is 1. The summed E-state index contributed by atoms with van der Waals surface area (Å²) in [5.41, 5.74) is 2.48. The molecule has 4 N–H and O–H groups in total. The van der Waals surface area contributed by atoms with Crippen LogP contribution in [0.4, 0.5) is 11.4 Å². The van der Waals surface area contributed by atoms with E-state index in [9.17, 15) is 9.59 Å². The fourth-order valence-corrected chi connectivity index (χ4v) is 3.36. The van der Waals surface area contributed by atoms with Crippen LogP contribution in [0.25, 0.3) is 11.0 Å². The van der Waals surface area contributed by atoms with Crippen molar-refractivity contribution in [1.29, 1.82) is 0 Å². The molecule has 3 aromatic rings. The van der Waals surface area contributed by atoms with Crippen molar-refractivity contribution < 1.29 is 9.59 Å². The third-order valence-corrected chi connectivity index (χ3v) is 4.78. The van der Waals surface area contributed by atoms with E-state index in [1.807, 2.05) is 29.8 Å². The van der Waals surface area contributed by atoms with Crippen LogP contribution >= 0.6 is 11.3 Å². The number of hydrogen-bond acceptors (Lipinski definition) is 5. The number of nitrogens with one attached hydrogen (secondary N) is 4. The zero-order valence-corrected chi connectivity index (χ0v) is 15.3. The predicted octanol–water partition coefficient (Wildman–Crippen LogP) is 3.01. The number of aromatic amines is 1. The normalized spacial score (nSPS) is 10.7. The lowest BCUT2D eigenvalue weighted by Crippen LogP contribution is -2.26. The molecule has 2 amide bonds. The molecule has 26 heavy (non-hydrogen) atoms. The van der Waals surface area contributed by atoms with Gasteiger partial charge in [0.1, 0.15) is 10.5 Å². The zero-order valence-electron chi connectivity index (χ0n) is 14.5. The minimum absolute atomic E-state index is 0.0315. The van der Waals surface area contributed by atoms with Crippen LogP contribution < -0.4 is 16.0 Å². The van der Waals surface area contributed by atoms with Gasteiger partial charge in [0.25, 0.3) is 5.91 Å². The standard InChI is InChI=1S/C18H21N5O2S/c1-12(24)19-7-2-3-8-22-18(25)16-15(6-11-26-16)23-14-5-10-21-17-13(14)4-9-20-17/h4-6,9-11H,2-3,7-8H2,1H3,(H,19,24)(H,22,25)(H2,20,21,23). The summed E-state index contributed by atoms with van der Waals surface area (Å²) in [6.07, 6.45) is 5.21. The van der Waals surface area contributed by atoms with Gasteiger partial charge in [0, 0.05) is 37.8 Å². The Labute approximate surface area is 155 Å². The number of unbranched alkanes of at least 4 members (excludes halogenated alkanes) is 1. The summed E-state index contributed by atoms with van der Waals surface area (Å²) in [6, 6.07) is 5.73. The Morgan fingerprint density at radius 1 is 1.12 bits per heavy atom.